The molecule has 0 aliphatic carbocycles. The van der Waals surface area contributed by atoms with E-state index < -0.39 is 0 Å². The third kappa shape index (κ3) is 2.89. The second-order valence-corrected chi connectivity index (χ2v) is 7.37. The van der Waals surface area contributed by atoms with E-state index in [1.807, 2.05) is 43.5 Å². The molecule has 8 heteroatoms. The SMILES string of the molecule is Cn1ccc(CC(=O)N2CCC3(CC2)CCN(c2ccn(C)n2)C3=O)n1. The van der Waals surface area contributed by atoms with Crippen LogP contribution in [0.4, 0.5) is 5.82 Å². The number of likely N-dealkylation sites (tertiary alicyclic amines) is 1. The first-order valence-corrected chi connectivity index (χ1v) is 9.05. The first-order chi connectivity index (χ1) is 12.5. The van der Waals surface area contributed by atoms with Crippen LogP contribution >= 0.6 is 0 Å². The highest BCUT2D eigenvalue weighted by atomic mass is 16.2. The number of carbonyl (C=O) groups is 2. The second-order valence-electron chi connectivity index (χ2n) is 7.37. The summed E-state index contributed by atoms with van der Waals surface area (Å²) in [5.74, 6) is 0.974. The molecule has 0 atom stereocenters. The molecule has 2 saturated heterocycles. The Kier molecular flexibility index (Phi) is 4.05. The zero-order chi connectivity index (χ0) is 18.3. The van der Waals surface area contributed by atoms with Gasteiger partial charge in [-0.25, -0.2) is 0 Å². The molecule has 0 aromatic carbocycles. The van der Waals surface area contributed by atoms with Crippen molar-refractivity contribution in [2.75, 3.05) is 24.5 Å². The van der Waals surface area contributed by atoms with E-state index in [4.69, 9.17) is 0 Å². The van der Waals surface area contributed by atoms with Gasteiger partial charge in [-0.2, -0.15) is 10.2 Å². The Hall–Kier alpha value is -2.64. The van der Waals surface area contributed by atoms with Crippen molar-refractivity contribution in [1.82, 2.24) is 24.5 Å². The lowest BCUT2D eigenvalue weighted by Gasteiger charge is -2.37. The highest BCUT2D eigenvalue weighted by Crippen LogP contribution is 2.42. The lowest BCUT2D eigenvalue weighted by molar-refractivity contribution is -0.137. The molecule has 0 unspecified atom stereocenters. The Morgan fingerprint density at radius 1 is 1.04 bits per heavy atom. The van der Waals surface area contributed by atoms with Gasteiger partial charge in [0.2, 0.25) is 11.8 Å². The predicted molar refractivity (Wildman–Crippen MR) is 95.3 cm³/mol. The van der Waals surface area contributed by atoms with Gasteiger partial charge in [0, 0.05) is 52.2 Å². The number of anilines is 1. The Morgan fingerprint density at radius 2 is 1.69 bits per heavy atom. The summed E-state index contributed by atoms with van der Waals surface area (Å²) in [7, 11) is 3.70. The van der Waals surface area contributed by atoms with Crippen molar-refractivity contribution in [2.45, 2.75) is 25.7 Å². The van der Waals surface area contributed by atoms with Crippen molar-refractivity contribution >= 4 is 17.6 Å². The van der Waals surface area contributed by atoms with Gasteiger partial charge in [-0.1, -0.05) is 0 Å². The normalized spacial score (nSPS) is 19.5. The average Bonchev–Trinajstić information content (AvgIpc) is 3.30. The molecule has 0 bridgehead atoms. The molecule has 0 radical (unpaired) electrons. The van der Waals surface area contributed by atoms with Crippen LogP contribution < -0.4 is 4.90 Å². The molecule has 8 nitrogen and oxygen atoms in total. The minimum Gasteiger partial charge on any atom is -0.342 e. The molecule has 2 aliphatic rings. The van der Waals surface area contributed by atoms with Crippen LogP contribution in [-0.2, 0) is 30.1 Å². The molecule has 138 valence electrons. The van der Waals surface area contributed by atoms with Crippen molar-refractivity contribution in [2.24, 2.45) is 19.5 Å². The maximum absolute atomic E-state index is 13.0. The Labute approximate surface area is 152 Å². The topological polar surface area (TPSA) is 76.3 Å². The van der Waals surface area contributed by atoms with E-state index in [9.17, 15) is 9.59 Å². The zero-order valence-electron chi connectivity index (χ0n) is 15.3. The summed E-state index contributed by atoms with van der Waals surface area (Å²) >= 11 is 0. The summed E-state index contributed by atoms with van der Waals surface area (Å²) in [5.41, 5.74) is 0.454. The molecule has 2 aliphatic heterocycles. The summed E-state index contributed by atoms with van der Waals surface area (Å²) in [6, 6.07) is 3.75. The minimum atomic E-state index is -0.334. The summed E-state index contributed by atoms with van der Waals surface area (Å²) in [4.78, 5) is 29.2. The van der Waals surface area contributed by atoms with Crippen LogP contribution in [0, 0.1) is 5.41 Å². The molecule has 2 aromatic rings. The molecule has 0 saturated carbocycles. The number of nitrogens with zero attached hydrogens (tertiary/aromatic N) is 6. The van der Waals surface area contributed by atoms with Crippen LogP contribution in [-0.4, -0.2) is 55.9 Å². The van der Waals surface area contributed by atoms with Crippen molar-refractivity contribution in [1.29, 1.82) is 0 Å². The van der Waals surface area contributed by atoms with Gasteiger partial charge in [0.15, 0.2) is 5.82 Å². The lowest BCUT2D eigenvalue weighted by Crippen LogP contribution is -2.47. The summed E-state index contributed by atoms with van der Waals surface area (Å²) in [6.45, 7) is 1.97. The number of aryl methyl sites for hydroxylation is 2. The fraction of sp³-hybridized carbons (Fsp3) is 0.556. The van der Waals surface area contributed by atoms with Gasteiger partial charge >= 0.3 is 0 Å². The smallest absolute Gasteiger partial charge is 0.234 e. The van der Waals surface area contributed by atoms with E-state index in [1.165, 1.54) is 0 Å². The van der Waals surface area contributed by atoms with E-state index in [1.54, 1.807) is 14.3 Å². The molecule has 4 heterocycles. The van der Waals surface area contributed by atoms with E-state index in [0.717, 1.165) is 30.8 Å². The summed E-state index contributed by atoms with van der Waals surface area (Å²) in [5, 5.41) is 8.63. The molecule has 26 heavy (non-hydrogen) atoms. The number of aromatic nitrogens is 4. The Bertz CT molecular complexity index is 830. The lowest BCUT2D eigenvalue weighted by atomic mass is 9.77. The first kappa shape index (κ1) is 16.8. The maximum Gasteiger partial charge on any atom is 0.234 e. The van der Waals surface area contributed by atoms with Crippen molar-refractivity contribution in [3.63, 3.8) is 0 Å². The Balaban J connectivity index is 1.38. The number of amides is 2. The fourth-order valence-electron chi connectivity index (χ4n) is 4.06. The number of hydrogen-bond acceptors (Lipinski definition) is 4. The molecule has 2 fully saturated rings. The number of piperidine rings is 1. The largest absolute Gasteiger partial charge is 0.342 e. The van der Waals surface area contributed by atoms with Gasteiger partial charge in [0.25, 0.3) is 0 Å². The van der Waals surface area contributed by atoms with Crippen LogP contribution in [0.1, 0.15) is 25.0 Å². The highest BCUT2D eigenvalue weighted by molar-refractivity contribution is 5.99. The maximum atomic E-state index is 13.0. The minimum absolute atomic E-state index is 0.0885. The van der Waals surface area contributed by atoms with Gasteiger partial charge in [-0.15, -0.1) is 0 Å². The molecular weight excluding hydrogens is 332 g/mol. The zero-order valence-corrected chi connectivity index (χ0v) is 15.3. The molecule has 1 spiro atoms. The number of rotatable bonds is 3. The first-order valence-electron chi connectivity index (χ1n) is 9.05. The van der Waals surface area contributed by atoms with Crippen molar-refractivity contribution in [3.05, 3.63) is 30.2 Å². The quantitative estimate of drug-likeness (QED) is 0.813. The van der Waals surface area contributed by atoms with Crippen molar-refractivity contribution in [3.8, 4) is 0 Å². The van der Waals surface area contributed by atoms with Crippen LogP contribution in [0.25, 0.3) is 0 Å². The van der Waals surface area contributed by atoms with Crippen LogP contribution in [0.15, 0.2) is 24.5 Å². The summed E-state index contributed by atoms with van der Waals surface area (Å²) < 4.78 is 3.42. The van der Waals surface area contributed by atoms with E-state index in [0.29, 0.717) is 26.1 Å². The highest BCUT2D eigenvalue weighted by Gasteiger charge is 2.49. The number of carbonyl (C=O) groups excluding carboxylic acids is 2. The molecule has 4 rings (SSSR count). The number of hydrogen-bond donors (Lipinski definition) is 0. The third-order valence-corrected chi connectivity index (χ3v) is 5.66. The van der Waals surface area contributed by atoms with Gasteiger partial charge in [-0.05, 0) is 25.3 Å². The molecular formula is C18H24N6O2. The molecule has 0 N–H and O–H groups in total. The van der Waals surface area contributed by atoms with E-state index >= 15 is 0 Å². The molecule has 2 aromatic heterocycles. The van der Waals surface area contributed by atoms with Gasteiger partial charge < -0.3 is 4.90 Å². The van der Waals surface area contributed by atoms with Crippen LogP contribution in [0.3, 0.4) is 0 Å². The van der Waals surface area contributed by atoms with E-state index in [2.05, 4.69) is 10.2 Å². The second kappa shape index (κ2) is 6.26. The fourth-order valence-corrected chi connectivity index (χ4v) is 4.06. The monoisotopic (exact) mass is 356 g/mol. The van der Waals surface area contributed by atoms with E-state index in [-0.39, 0.29) is 17.2 Å². The third-order valence-electron chi connectivity index (χ3n) is 5.66. The van der Waals surface area contributed by atoms with Gasteiger partial charge in [-0.3, -0.25) is 23.9 Å². The average molecular weight is 356 g/mol. The van der Waals surface area contributed by atoms with Crippen molar-refractivity contribution < 1.29 is 9.59 Å². The predicted octanol–water partition coefficient (Wildman–Crippen LogP) is 0.742. The van der Waals surface area contributed by atoms with Gasteiger partial charge in [0.05, 0.1) is 17.5 Å². The van der Waals surface area contributed by atoms with Gasteiger partial charge in [0.1, 0.15) is 0 Å². The standard InChI is InChI=1S/C18H24N6O2/c1-21-8-3-14(19-21)13-16(25)23-10-5-18(6-11-23)7-12-24(17(18)26)15-4-9-22(2)20-15/h3-4,8-9H,5-7,10-13H2,1-2H3. The van der Waals surface area contributed by atoms with Crippen LogP contribution in [0.2, 0.25) is 0 Å². The molecule has 2 amide bonds. The van der Waals surface area contributed by atoms with Crippen LogP contribution in [0.5, 0.6) is 0 Å². The Morgan fingerprint density at radius 3 is 2.31 bits per heavy atom. The summed E-state index contributed by atoms with van der Waals surface area (Å²) in [6.07, 6.45) is 6.31.